The van der Waals surface area contributed by atoms with Gasteiger partial charge in [0.2, 0.25) is 0 Å². The van der Waals surface area contributed by atoms with E-state index >= 15 is 0 Å². The topological polar surface area (TPSA) is 48.1 Å². The van der Waals surface area contributed by atoms with Crippen molar-refractivity contribution in [2.75, 3.05) is 6.61 Å². The molecule has 0 aliphatic carbocycles. The van der Waals surface area contributed by atoms with Crippen LogP contribution < -0.4 is 10.5 Å². The summed E-state index contributed by atoms with van der Waals surface area (Å²) in [6.07, 6.45) is 0. The van der Waals surface area contributed by atoms with E-state index in [-0.39, 0.29) is 18.4 Å². The molecule has 0 spiro atoms. The molecule has 3 nitrogen and oxygen atoms in total. The SMILES string of the molecule is CCOc1ccc(-c2csc(C(C)N)n2)cc1.Cl. The van der Waals surface area contributed by atoms with Crippen LogP contribution in [-0.4, -0.2) is 11.6 Å². The van der Waals surface area contributed by atoms with Crippen LogP contribution in [0.1, 0.15) is 24.9 Å². The van der Waals surface area contributed by atoms with Crippen LogP contribution in [0.2, 0.25) is 0 Å². The lowest BCUT2D eigenvalue weighted by atomic mass is 10.2. The van der Waals surface area contributed by atoms with E-state index in [1.807, 2.05) is 43.5 Å². The number of rotatable bonds is 4. The third kappa shape index (κ3) is 3.45. The number of hydrogen-bond acceptors (Lipinski definition) is 4. The molecule has 1 heterocycles. The van der Waals surface area contributed by atoms with Crippen LogP contribution in [0.4, 0.5) is 0 Å². The molecule has 2 aromatic rings. The molecule has 0 aliphatic rings. The quantitative estimate of drug-likeness (QED) is 0.932. The minimum Gasteiger partial charge on any atom is -0.494 e. The van der Waals surface area contributed by atoms with Crippen molar-refractivity contribution in [2.24, 2.45) is 5.73 Å². The van der Waals surface area contributed by atoms with Gasteiger partial charge in [-0.25, -0.2) is 4.98 Å². The Morgan fingerprint density at radius 3 is 2.50 bits per heavy atom. The Bertz CT molecular complexity index is 482. The Kier molecular flexibility index (Phi) is 5.59. The smallest absolute Gasteiger partial charge is 0.119 e. The van der Waals surface area contributed by atoms with Gasteiger partial charge in [-0.05, 0) is 38.1 Å². The van der Waals surface area contributed by atoms with Crippen molar-refractivity contribution in [3.05, 3.63) is 34.7 Å². The van der Waals surface area contributed by atoms with Crippen LogP contribution in [0.5, 0.6) is 5.75 Å². The summed E-state index contributed by atoms with van der Waals surface area (Å²) in [6.45, 7) is 4.61. The Hall–Kier alpha value is -1.10. The van der Waals surface area contributed by atoms with E-state index < -0.39 is 0 Å². The fourth-order valence-electron chi connectivity index (χ4n) is 1.52. The van der Waals surface area contributed by atoms with Gasteiger partial charge in [-0.1, -0.05) is 0 Å². The lowest BCUT2D eigenvalue weighted by Gasteiger charge is -2.03. The van der Waals surface area contributed by atoms with E-state index in [1.165, 1.54) is 0 Å². The van der Waals surface area contributed by atoms with Crippen LogP contribution in [0.15, 0.2) is 29.6 Å². The summed E-state index contributed by atoms with van der Waals surface area (Å²) in [4.78, 5) is 4.51. The van der Waals surface area contributed by atoms with Gasteiger partial charge in [0, 0.05) is 10.9 Å². The van der Waals surface area contributed by atoms with Gasteiger partial charge in [-0.2, -0.15) is 0 Å². The number of thiazole rings is 1. The molecule has 0 saturated heterocycles. The first-order chi connectivity index (χ1) is 8.20. The molecule has 2 N–H and O–H groups in total. The van der Waals surface area contributed by atoms with Crippen LogP contribution in [0.3, 0.4) is 0 Å². The number of benzene rings is 1. The largest absolute Gasteiger partial charge is 0.494 e. The Balaban J connectivity index is 0.00000162. The monoisotopic (exact) mass is 284 g/mol. The highest BCUT2D eigenvalue weighted by Crippen LogP contribution is 2.26. The summed E-state index contributed by atoms with van der Waals surface area (Å²) in [5.74, 6) is 0.888. The highest BCUT2D eigenvalue weighted by molar-refractivity contribution is 7.10. The van der Waals surface area contributed by atoms with E-state index in [0.29, 0.717) is 6.61 Å². The molecule has 1 atom stereocenters. The molecule has 1 aromatic heterocycles. The number of hydrogen-bond donors (Lipinski definition) is 1. The molecule has 0 saturated carbocycles. The third-order valence-corrected chi connectivity index (χ3v) is 3.42. The summed E-state index contributed by atoms with van der Waals surface area (Å²) >= 11 is 1.60. The fraction of sp³-hybridized carbons (Fsp3) is 0.308. The van der Waals surface area contributed by atoms with Crippen molar-refractivity contribution in [3.8, 4) is 17.0 Å². The third-order valence-electron chi connectivity index (χ3n) is 2.37. The zero-order valence-electron chi connectivity index (χ0n) is 10.4. The number of halogens is 1. The highest BCUT2D eigenvalue weighted by Gasteiger charge is 2.07. The Morgan fingerprint density at radius 1 is 1.33 bits per heavy atom. The summed E-state index contributed by atoms with van der Waals surface area (Å²) in [7, 11) is 0. The molecule has 2 rings (SSSR count). The average molecular weight is 285 g/mol. The zero-order valence-corrected chi connectivity index (χ0v) is 12.1. The number of nitrogens with two attached hydrogens (primary N) is 1. The lowest BCUT2D eigenvalue weighted by Crippen LogP contribution is -2.03. The van der Waals surface area contributed by atoms with Gasteiger partial charge in [-0.15, -0.1) is 23.7 Å². The number of ether oxygens (including phenoxy) is 1. The predicted molar refractivity (Wildman–Crippen MR) is 78.6 cm³/mol. The molecular weight excluding hydrogens is 268 g/mol. The van der Waals surface area contributed by atoms with Gasteiger partial charge in [0.15, 0.2) is 0 Å². The maximum absolute atomic E-state index is 5.80. The maximum Gasteiger partial charge on any atom is 0.119 e. The van der Waals surface area contributed by atoms with Gasteiger partial charge in [0.25, 0.3) is 0 Å². The van der Waals surface area contributed by atoms with E-state index in [2.05, 4.69) is 4.98 Å². The highest BCUT2D eigenvalue weighted by atomic mass is 35.5. The van der Waals surface area contributed by atoms with E-state index in [9.17, 15) is 0 Å². The van der Waals surface area contributed by atoms with Crippen molar-refractivity contribution >= 4 is 23.7 Å². The summed E-state index contributed by atoms with van der Waals surface area (Å²) < 4.78 is 5.40. The first kappa shape index (κ1) is 15.0. The zero-order chi connectivity index (χ0) is 12.3. The average Bonchev–Trinajstić information content (AvgIpc) is 2.80. The second-order valence-corrected chi connectivity index (χ2v) is 4.71. The van der Waals surface area contributed by atoms with Gasteiger partial charge in [0.1, 0.15) is 10.8 Å². The molecule has 0 radical (unpaired) electrons. The van der Waals surface area contributed by atoms with Gasteiger partial charge < -0.3 is 10.5 Å². The molecule has 0 amide bonds. The van der Waals surface area contributed by atoms with Crippen LogP contribution in [0, 0.1) is 0 Å². The van der Waals surface area contributed by atoms with E-state index in [0.717, 1.165) is 22.0 Å². The summed E-state index contributed by atoms with van der Waals surface area (Å²) in [6, 6.07) is 7.96. The number of aromatic nitrogens is 1. The van der Waals surface area contributed by atoms with Crippen molar-refractivity contribution in [3.63, 3.8) is 0 Å². The van der Waals surface area contributed by atoms with Crippen molar-refractivity contribution in [1.29, 1.82) is 0 Å². The second-order valence-electron chi connectivity index (χ2n) is 3.82. The molecule has 0 fully saturated rings. The Labute approximate surface area is 117 Å². The first-order valence-corrected chi connectivity index (χ1v) is 6.53. The van der Waals surface area contributed by atoms with Gasteiger partial charge in [-0.3, -0.25) is 0 Å². The lowest BCUT2D eigenvalue weighted by molar-refractivity contribution is 0.340. The van der Waals surface area contributed by atoms with Crippen LogP contribution in [0.25, 0.3) is 11.3 Å². The van der Waals surface area contributed by atoms with Crippen molar-refractivity contribution in [1.82, 2.24) is 4.98 Å². The predicted octanol–water partition coefficient (Wildman–Crippen LogP) is 3.65. The molecule has 5 heteroatoms. The van der Waals surface area contributed by atoms with Gasteiger partial charge >= 0.3 is 0 Å². The summed E-state index contributed by atoms with van der Waals surface area (Å²) in [5.41, 5.74) is 7.87. The second kappa shape index (κ2) is 6.73. The van der Waals surface area contributed by atoms with Crippen molar-refractivity contribution < 1.29 is 4.74 Å². The van der Waals surface area contributed by atoms with Crippen molar-refractivity contribution in [2.45, 2.75) is 19.9 Å². The minimum atomic E-state index is -0.00329. The van der Waals surface area contributed by atoms with Crippen LogP contribution >= 0.6 is 23.7 Å². The Morgan fingerprint density at radius 2 is 2.00 bits per heavy atom. The first-order valence-electron chi connectivity index (χ1n) is 5.65. The molecule has 0 aliphatic heterocycles. The molecule has 98 valence electrons. The van der Waals surface area contributed by atoms with Crippen LogP contribution in [-0.2, 0) is 0 Å². The van der Waals surface area contributed by atoms with Gasteiger partial charge in [0.05, 0.1) is 18.3 Å². The molecular formula is C13H17ClN2OS. The summed E-state index contributed by atoms with van der Waals surface area (Å²) in [5, 5.41) is 3.00. The van der Waals surface area contributed by atoms with E-state index in [4.69, 9.17) is 10.5 Å². The molecule has 1 unspecified atom stereocenters. The molecule has 0 bridgehead atoms. The molecule has 1 aromatic carbocycles. The number of nitrogens with zero attached hydrogens (tertiary/aromatic N) is 1. The maximum atomic E-state index is 5.80. The standard InChI is InChI=1S/C13H16N2OS.ClH/c1-3-16-11-6-4-10(5-7-11)12-8-17-13(15-12)9(2)14;/h4-9H,3,14H2,1-2H3;1H. The fourth-order valence-corrected chi connectivity index (χ4v) is 2.30. The van der Waals surface area contributed by atoms with E-state index in [1.54, 1.807) is 11.3 Å². The normalized spacial score (nSPS) is 11.7. The minimum absolute atomic E-state index is 0. The molecule has 18 heavy (non-hydrogen) atoms.